The van der Waals surface area contributed by atoms with Gasteiger partial charge in [0, 0.05) is 19.3 Å². The van der Waals surface area contributed by atoms with Crippen LogP contribution in [0.5, 0.6) is 0 Å². The van der Waals surface area contributed by atoms with Crippen molar-refractivity contribution in [3.8, 4) is 0 Å². The van der Waals surface area contributed by atoms with Crippen LogP contribution in [0.1, 0.15) is 24.6 Å². The number of esters is 1. The number of carbonyl (C=O) groups is 1. The summed E-state index contributed by atoms with van der Waals surface area (Å²) in [5.41, 5.74) is 7.27. The molecule has 0 spiro atoms. The fourth-order valence-corrected chi connectivity index (χ4v) is 1.78. The first-order valence-corrected chi connectivity index (χ1v) is 6.50. The lowest BCUT2D eigenvalue weighted by Gasteiger charge is -2.20. The van der Waals surface area contributed by atoms with Crippen molar-refractivity contribution in [2.24, 2.45) is 5.73 Å². The van der Waals surface area contributed by atoms with Gasteiger partial charge in [-0.05, 0) is 26.0 Å². The summed E-state index contributed by atoms with van der Waals surface area (Å²) in [7, 11) is 1.85. The molecule has 0 aromatic carbocycles. The summed E-state index contributed by atoms with van der Waals surface area (Å²) >= 11 is 5.01. The minimum absolute atomic E-state index is 0.223. The smallest absolute Gasteiger partial charge is 0.307 e. The summed E-state index contributed by atoms with van der Waals surface area (Å²) in [6.07, 6.45) is 0.302. The van der Waals surface area contributed by atoms with Crippen molar-refractivity contribution >= 4 is 29.0 Å². The molecule has 1 aromatic heterocycles. The fraction of sp³-hybridized carbons (Fsp3) is 0.462. The van der Waals surface area contributed by atoms with Crippen molar-refractivity contribution in [3.05, 3.63) is 23.4 Å². The molecule has 0 atom stereocenters. The number of pyridine rings is 1. The van der Waals surface area contributed by atoms with Crippen LogP contribution in [0.2, 0.25) is 0 Å². The van der Waals surface area contributed by atoms with Gasteiger partial charge in [-0.1, -0.05) is 12.2 Å². The molecule has 2 N–H and O–H groups in total. The number of aryl methyl sites for hydroxylation is 1. The second kappa shape index (κ2) is 7.04. The van der Waals surface area contributed by atoms with E-state index in [1.165, 1.54) is 0 Å². The number of nitrogens with zero attached hydrogens (tertiary/aromatic N) is 2. The maximum absolute atomic E-state index is 11.3. The summed E-state index contributed by atoms with van der Waals surface area (Å²) in [6.45, 7) is 4.58. The SMILES string of the molecule is CCOC(=O)CCN(C)c1nc(C)ccc1C(N)=S. The van der Waals surface area contributed by atoms with Crippen LogP contribution in [-0.2, 0) is 9.53 Å². The van der Waals surface area contributed by atoms with Crippen molar-refractivity contribution in [3.63, 3.8) is 0 Å². The number of anilines is 1. The van der Waals surface area contributed by atoms with E-state index in [4.69, 9.17) is 22.7 Å². The molecule has 6 heteroatoms. The zero-order valence-corrected chi connectivity index (χ0v) is 12.3. The van der Waals surface area contributed by atoms with E-state index in [1.54, 1.807) is 6.92 Å². The normalized spacial score (nSPS) is 10.1. The zero-order chi connectivity index (χ0) is 14.4. The molecule has 0 aliphatic heterocycles. The van der Waals surface area contributed by atoms with Gasteiger partial charge in [-0.2, -0.15) is 0 Å². The molecule has 0 aliphatic rings. The Labute approximate surface area is 118 Å². The standard InChI is InChI=1S/C13H19N3O2S/c1-4-18-11(17)7-8-16(3)13-10(12(14)19)6-5-9(2)15-13/h5-6H,4,7-8H2,1-3H3,(H2,14,19). The van der Waals surface area contributed by atoms with Crippen LogP contribution >= 0.6 is 12.2 Å². The molecule has 0 saturated heterocycles. The van der Waals surface area contributed by atoms with Crippen LogP contribution < -0.4 is 10.6 Å². The molecule has 1 heterocycles. The minimum atomic E-state index is -0.223. The topological polar surface area (TPSA) is 68.5 Å². The number of rotatable bonds is 6. The molecule has 0 fully saturated rings. The van der Waals surface area contributed by atoms with Gasteiger partial charge in [0.05, 0.1) is 18.6 Å². The molecule has 5 nitrogen and oxygen atoms in total. The fourth-order valence-electron chi connectivity index (χ4n) is 1.62. The number of aromatic nitrogens is 1. The van der Waals surface area contributed by atoms with Gasteiger partial charge in [-0.25, -0.2) is 4.98 Å². The number of ether oxygens (including phenoxy) is 1. The van der Waals surface area contributed by atoms with E-state index in [0.717, 1.165) is 5.69 Å². The first-order valence-electron chi connectivity index (χ1n) is 6.10. The van der Waals surface area contributed by atoms with Crippen LogP contribution in [0, 0.1) is 6.92 Å². The van der Waals surface area contributed by atoms with Gasteiger partial charge >= 0.3 is 5.97 Å². The second-order valence-electron chi connectivity index (χ2n) is 4.16. The van der Waals surface area contributed by atoms with Gasteiger partial charge in [-0.15, -0.1) is 0 Å². The van der Waals surface area contributed by atoms with E-state index in [2.05, 4.69) is 4.98 Å². The third-order valence-corrected chi connectivity index (χ3v) is 2.82. The van der Waals surface area contributed by atoms with Crippen LogP contribution in [-0.4, -0.2) is 36.1 Å². The largest absolute Gasteiger partial charge is 0.466 e. The highest BCUT2D eigenvalue weighted by Gasteiger charge is 2.13. The second-order valence-corrected chi connectivity index (χ2v) is 4.60. The molecule has 0 unspecified atom stereocenters. The van der Waals surface area contributed by atoms with E-state index in [0.29, 0.717) is 35.9 Å². The first kappa shape index (κ1) is 15.4. The predicted molar refractivity (Wildman–Crippen MR) is 79.4 cm³/mol. The summed E-state index contributed by atoms with van der Waals surface area (Å²) < 4.78 is 4.89. The summed E-state index contributed by atoms with van der Waals surface area (Å²) in [6, 6.07) is 3.71. The van der Waals surface area contributed by atoms with E-state index in [-0.39, 0.29) is 5.97 Å². The Balaban J connectivity index is 2.80. The third kappa shape index (κ3) is 4.48. The van der Waals surface area contributed by atoms with Crippen molar-refractivity contribution in [1.29, 1.82) is 0 Å². The molecule has 0 radical (unpaired) electrons. The van der Waals surface area contributed by atoms with E-state index in [1.807, 2.05) is 31.0 Å². The highest BCUT2D eigenvalue weighted by molar-refractivity contribution is 7.80. The average molecular weight is 281 g/mol. The van der Waals surface area contributed by atoms with Crippen molar-refractivity contribution in [2.45, 2.75) is 20.3 Å². The highest BCUT2D eigenvalue weighted by atomic mass is 32.1. The monoisotopic (exact) mass is 281 g/mol. The van der Waals surface area contributed by atoms with E-state index in [9.17, 15) is 4.79 Å². The lowest BCUT2D eigenvalue weighted by molar-refractivity contribution is -0.142. The Kier molecular flexibility index (Phi) is 5.69. The number of hydrogen-bond donors (Lipinski definition) is 1. The Morgan fingerprint density at radius 3 is 2.79 bits per heavy atom. The van der Waals surface area contributed by atoms with Gasteiger partial charge < -0.3 is 15.4 Å². The lowest BCUT2D eigenvalue weighted by atomic mass is 10.2. The highest BCUT2D eigenvalue weighted by Crippen LogP contribution is 2.17. The maximum atomic E-state index is 11.3. The van der Waals surface area contributed by atoms with Gasteiger partial charge in [0.25, 0.3) is 0 Å². The van der Waals surface area contributed by atoms with Crippen molar-refractivity contribution < 1.29 is 9.53 Å². The number of thiocarbonyl (C=S) groups is 1. The quantitative estimate of drug-likeness (QED) is 0.628. The molecular weight excluding hydrogens is 262 g/mol. The van der Waals surface area contributed by atoms with Gasteiger partial charge in [0.15, 0.2) is 0 Å². The number of nitrogens with two attached hydrogens (primary N) is 1. The van der Waals surface area contributed by atoms with Crippen LogP contribution in [0.15, 0.2) is 12.1 Å². The Hall–Kier alpha value is -1.69. The summed E-state index contributed by atoms with van der Waals surface area (Å²) in [5.74, 6) is 0.468. The van der Waals surface area contributed by atoms with Gasteiger partial charge in [-0.3, -0.25) is 4.79 Å². The van der Waals surface area contributed by atoms with Crippen molar-refractivity contribution in [2.75, 3.05) is 25.1 Å². The van der Waals surface area contributed by atoms with Gasteiger partial charge in [0.1, 0.15) is 10.8 Å². The maximum Gasteiger partial charge on any atom is 0.307 e. The van der Waals surface area contributed by atoms with Gasteiger partial charge in [0.2, 0.25) is 0 Å². The Morgan fingerprint density at radius 1 is 1.53 bits per heavy atom. The Morgan fingerprint density at radius 2 is 2.21 bits per heavy atom. The molecule has 0 bridgehead atoms. The van der Waals surface area contributed by atoms with Crippen LogP contribution in [0.25, 0.3) is 0 Å². The molecule has 104 valence electrons. The predicted octanol–water partition coefficient (Wildman–Crippen LogP) is 1.41. The van der Waals surface area contributed by atoms with Crippen LogP contribution in [0.4, 0.5) is 5.82 Å². The lowest BCUT2D eigenvalue weighted by Crippen LogP contribution is -2.26. The van der Waals surface area contributed by atoms with Crippen molar-refractivity contribution in [1.82, 2.24) is 4.98 Å². The first-order chi connectivity index (χ1) is 8.95. The molecule has 1 aromatic rings. The number of hydrogen-bond acceptors (Lipinski definition) is 5. The molecule has 0 saturated carbocycles. The van der Waals surface area contributed by atoms with E-state index >= 15 is 0 Å². The third-order valence-electron chi connectivity index (χ3n) is 2.60. The van der Waals surface area contributed by atoms with Crippen LogP contribution in [0.3, 0.4) is 0 Å². The molecule has 0 aliphatic carbocycles. The minimum Gasteiger partial charge on any atom is -0.466 e. The number of carbonyl (C=O) groups excluding carboxylic acids is 1. The molecule has 1 rings (SSSR count). The summed E-state index contributed by atoms with van der Waals surface area (Å²) in [5, 5.41) is 0. The molecular formula is C13H19N3O2S. The molecule has 19 heavy (non-hydrogen) atoms. The molecule has 0 amide bonds. The summed E-state index contributed by atoms with van der Waals surface area (Å²) in [4.78, 5) is 17.9. The zero-order valence-electron chi connectivity index (χ0n) is 11.5. The Bertz CT molecular complexity index is 477. The van der Waals surface area contributed by atoms with E-state index < -0.39 is 0 Å². The average Bonchev–Trinajstić information content (AvgIpc) is 2.35.